The van der Waals surface area contributed by atoms with Crippen LogP contribution < -0.4 is 0 Å². The Morgan fingerprint density at radius 3 is 1.34 bits per heavy atom. The van der Waals surface area contributed by atoms with Gasteiger partial charge in [-0.25, -0.2) is 0 Å². The van der Waals surface area contributed by atoms with E-state index < -0.39 is 0 Å². The summed E-state index contributed by atoms with van der Waals surface area (Å²) in [5.41, 5.74) is 6.55. The van der Waals surface area contributed by atoms with E-state index >= 15 is 0 Å². The Hall–Kier alpha value is -1.04. The SMILES string of the molecule is C=C(C)c1ccc(C)c(C)c1C.CC.CCC(C)CC.CCCC.CCCC(C)CCC. The average Bonchev–Trinajstić information content (AvgIpc) is 2.79. The van der Waals surface area contributed by atoms with Gasteiger partial charge in [-0.15, -0.1) is 0 Å². The molecule has 0 radical (unpaired) electrons. The van der Waals surface area contributed by atoms with Crippen molar-refractivity contribution in [2.45, 2.75) is 148 Å². The van der Waals surface area contributed by atoms with Gasteiger partial charge in [-0.05, 0) is 61.8 Å². The standard InChI is InChI=1S/C12H16.C8H18.C6H14.C4H10.C2H6/c1-8(2)12-7-6-9(3)10(4)11(12)5;1-4-6-8(3)7-5-2;1-4-6(3)5-2;1-3-4-2;1-2/h6-7H,1H2,2-5H3;8H,4-7H2,1-3H3;6H,4-5H2,1-3H3;3-4H2,1-2H3;1-2H3. The second-order valence-corrected chi connectivity index (χ2v) is 9.06. The summed E-state index contributed by atoms with van der Waals surface area (Å²) in [5.74, 6) is 1.90. The molecular weight excluding hydrogens is 384 g/mol. The third-order valence-electron chi connectivity index (χ3n) is 5.97. The van der Waals surface area contributed by atoms with Crippen LogP contribution in [-0.4, -0.2) is 0 Å². The summed E-state index contributed by atoms with van der Waals surface area (Å²) in [5, 5.41) is 0. The van der Waals surface area contributed by atoms with Crippen molar-refractivity contribution in [2.75, 3.05) is 0 Å². The molecule has 0 spiro atoms. The fourth-order valence-electron chi connectivity index (χ4n) is 2.84. The average molecular weight is 449 g/mol. The third kappa shape index (κ3) is 23.6. The van der Waals surface area contributed by atoms with Crippen LogP contribution in [0.15, 0.2) is 18.7 Å². The Kier molecular flexibility index (Phi) is 33.4. The molecule has 1 rings (SSSR count). The van der Waals surface area contributed by atoms with Crippen molar-refractivity contribution in [1.29, 1.82) is 0 Å². The van der Waals surface area contributed by atoms with Crippen molar-refractivity contribution in [3.63, 3.8) is 0 Å². The summed E-state index contributed by atoms with van der Waals surface area (Å²) in [6.07, 6.45) is 10.8. The first-order chi connectivity index (χ1) is 15.1. The monoisotopic (exact) mass is 449 g/mol. The zero-order valence-electron chi connectivity index (χ0n) is 25.2. The molecule has 0 nitrogen and oxygen atoms in total. The summed E-state index contributed by atoms with van der Waals surface area (Å²) < 4.78 is 0. The molecule has 0 aliphatic heterocycles. The molecular formula is C32H64. The Morgan fingerprint density at radius 1 is 0.688 bits per heavy atom. The van der Waals surface area contributed by atoms with E-state index in [1.807, 2.05) is 13.8 Å². The Bertz CT molecular complexity index is 497. The molecule has 0 atom stereocenters. The highest BCUT2D eigenvalue weighted by atomic mass is 14.1. The molecule has 0 amide bonds. The summed E-state index contributed by atoms with van der Waals surface area (Å²) in [6, 6.07) is 4.31. The quantitative estimate of drug-likeness (QED) is 0.371. The molecule has 0 unspecified atom stereocenters. The van der Waals surface area contributed by atoms with Gasteiger partial charge >= 0.3 is 0 Å². The fourth-order valence-corrected chi connectivity index (χ4v) is 2.84. The minimum atomic E-state index is 0.935. The maximum atomic E-state index is 3.96. The normalized spacial score (nSPS) is 9.38. The first-order valence-electron chi connectivity index (χ1n) is 13.8. The topological polar surface area (TPSA) is 0 Å². The fraction of sp³-hybridized carbons (Fsp3) is 0.750. The van der Waals surface area contributed by atoms with Gasteiger partial charge in [-0.1, -0.05) is 145 Å². The molecule has 192 valence electrons. The van der Waals surface area contributed by atoms with Gasteiger partial charge in [0.1, 0.15) is 0 Å². The van der Waals surface area contributed by atoms with E-state index in [9.17, 15) is 0 Å². The lowest BCUT2D eigenvalue weighted by atomic mass is 9.95. The van der Waals surface area contributed by atoms with E-state index in [0.717, 1.165) is 17.4 Å². The van der Waals surface area contributed by atoms with E-state index in [1.54, 1.807) is 0 Å². The molecule has 0 aliphatic carbocycles. The molecule has 32 heavy (non-hydrogen) atoms. The zero-order chi connectivity index (χ0) is 26.1. The smallest absolute Gasteiger partial charge is 0.0201 e. The van der Waals surface area contributed by atoms with Crippen LogP contribution in [-0.2, 0) is 0 Å². The molecule has 1 aromatic carbocycles. The minimum Gasteiger partial charge on any atom is -0.0955 e. The van der Waals surface area contributed by atoms with E-state index in [2.05, 4.69) is 102 Å². The molecule has 0 saturated carbocycles. The summed E-state index contributed by atoms with van der Waals surface area (Å²) in [7, 11) is 0. The molecule has 0 fully saturated rings. The lowest BCUT2D eigenvalue weighted by Gasteiger charge is -2.10. The van der Waals surface area contributed by atoms with E-state index in [0.29, 0.717) is 0 Å². The van der Waals surface area contributed by atoms with Gasteiger partial charge in [-0.2, -0.15) is 0 Å². The van der Waals surface area contributed by atoms with Crippen molar-refractivity contribution in [2.24, 2.45) is 11.8 Å². The Morgan fingerprint density at radius 2 is 1.09 bits per heavy atom. The van der Waals surface area contributed by atoms with Gasteiger partial charge in [0.15, 0.2) is 0 Å². The number of rotatable bonds is 8. The second-order valence-electron chi connectivity index (χ2n) is 9.06. The van der Waals surface area contributed by atoms with Crippen molar-refractivity contribution >= 4 is 5.57 Å². The van der Waals surface area contributed by atoms with Crippen LogP contribution in [0.2, 0.25) is 0 Å². The van der Waals surface area contributed by atoms with Gasteiger partial charge in [0.2, 0.25) is 0 Å². The van der Waals surface area contributed by atoms with Crippen molar-refractivity contribution in [3.8, 4) is 0 Å². The molecule has 0 heterocycles. The van der Waals surface area contributed by atoms with Gasteiger partial charge in [0.05, 0.1) is 0 Å². The highest BCUT2D eigenvalue weighted by Gasteiger charge is 2.02. The maximum absolute atomic E-state index is 3.96. The number of allylic oxidation sites excluding steroid dienone is 1. The summed E-state index contributed by atoms with van der Waals surface area (Å²) in [4.78, 5) is 0. The molecule has 0 aromatic heterocycles. The third-order valence-corrected chi connectivity index (χ3v) is 5.97. The first kappa shape index (κ1) is 38.2. The largest absolute Gasteiger partial charge is 0.0955 e. The number of unbranched alkanes of at least 4 members (excludes halogenated alkanes) is 1. The van der Waals surface area contributed by atoms with Gasteiger partial charge in [0, 0.05) is 0 Å². The number of hydrogen-bond acceptors (Lipinski definition) is 0. The van der Waals surface area contributed by atoms with Gasteiger partial charge < -0.3 is 0 Å². The van der Waals surface area contributed by atoms with E-state index in [4.69, 9.17) is 0 Å². The van der Waals surface area contributed by atoms with Gasteiger partial charge in [0.25, 0.3) is 0 Å². The van der Waals surface area contributed by atoms with Crippen molar-refractivity contribution < 1.29 is 0 Å². The van der Waals surface area contributed by atoms with Crippen LogP contribution in [0.4, 0.5) is 0 Å². The highest BCUT2D eigenvalue weighted by molar-refractivity contribution is 5.66. The van der Waals surface area contributed by atoms with E-state index in [-0.39, 0.29) is 0 Å². The number of hydrogen-bond donors (Lipinski definition) is 0. The lowest BCUT2D eigenvalue weighted by Crippen LogP contribution is -1.91. The number of benzene rings is 1. The van der Waals surface area contributed by atoms with Gasteiger partial charge in [-0.3, -0.25) is 0 Å². The van der Waals surface area contributed by atoms with Crippen LogP contribution in [0, 0.1) is 32.6 Å². The molecule has 0 N–H and O–H groups in total. The van der Waals surface area contributed by atoms with Crippen LogP contribution in [0.3, 0.4) is 0 Å². The van der Waals surface area contributed by atoms with Crippen molar-refractivity contribution in [1.82, 2.24) is 0 Å². The predicted molar refractivity (Wildman–Crippen MR) is 156 cm³/mol. The van der Waals surface area contributed by atoms with Crippen LogP contribution in [0.25, 0.3) is 5.57 Å². The Balaban J connectivity index is -0.000000171. The maximum Gasteiger partial charge on any atom is -0.0201 e. The predicted octanol–water partition coefficient (Wildman–Crippen LogP) is 12.1. The summed E-state index contributed by atoms with van der Waals surface area (Å²) in [6.45, 7) is 34.4. The van der Waals surface area contributed by atoms with E-state index in [1.165, 1.54) is 73.6 Å². The van der Waals surface area contributed by atoms with Crippen LogP contribution in [0.5, 0.6) is 0 Å². The second kappa shape index (κ2) is 28.0. The minimum absolute atomic E-state index is 0.935. The van der Waals surface area contributed by atoms with Crippen molar-refractivity contribution in [3.05, 3.63) is 41.0 Å². The number of aryl methyl sites for hydroxylation is 1. The van der Waals surface area contributed by atoms with Crippen LogP contribution >= 0.6 is 0 Å². The molecule has 0 heteroatoms. The zero-order valence-corrected chi connectivity index (χ0v) is 25.2. The molecule has 0 saturated heterocycles. The summed E-state index contributed by atoms with van der Waals surface area (Å²) >= 11 is 0. The molecule has 0 aliphatic rings. The first-order valence-corrected chi connectivity index (χ1v) is 13.8. The van der Waals surface area contributed by atoms with Crippen LogP contribution in [0.1, 0.15) is 150 Å². The lowest BCUT2D eigenvalue weighted by molar-refractivity contribution is 0.480. The molecule has 0 bridgehead atoms. The Labute approximate surface area is 206 Å². The highest BCUT2D eigenvalue weighted by Crippen LogP contribution is 2.22. The molecule has 1 aromatic rings.